The summed E-state index contributed by atoms with van der Waals surface area (Å²) >= 11 is 0. The van der Waals surface area contributed by atoms with E-state index < -0.39 is 0 Å². The van der Waals surface area contributed by atoms with Crippen LogP contribution in [0.15, 0.2) is 0 Å². The van der Waals surface area contributed by atoms with E-state index in [0.717, 1.165) is 12.5 Å². The second-order valence-corrected chi connectivity index (χ2v) is 4.07. The first-order valence-electron chi connectivity index (χ1n) is 5.60. The van der Waals surface area contributed by atoms with Crippen LogP contribution in [-0.4, -0.2) is 40.0 Å². The Bertz CT molecular complexity index is 137. The summed E-state index contributed by atoms with van der Waals surface area (Å²) in [5.41, 5.74) is 0. The molecule has 1 fully saturated rings. The van der Waals surface area contributed by atoms with E-state index in [1.54, 1.807) is 7.11 Å². The molecule has 1 rings (SSSR count). The normalized spacial score (nSPS) is 18.4. The molecule has 0 spiro atoms. The minimum atomic E-state index is 0.521. The second kappa shape index (κ2) is 7.21. The van der Waals surface area contributed by atoms with Gasteiger partial charge in [0.15, 0.2) is 0 Å². The summed E-state index contributed by atoms with van der Waals surface area (Å²) in [4.78, 5) is 0. The highest BCUT2D eigenvalue weighted by atomic mass is 16.5. The van der Waals surface area contributed by atoms with E-state index in [4.69, 9.17) is 9.47 Å². The summed E-state index contributed by atoms with van der Waals surface area (Å²) in [6, 6.07) is 0.521. The van der Waals surface area contributed by atoms with Gasteiger partial charge in [-0.3, -0.25) is 0 Å². The molecule has 3 nitrogen and oxygen atoms in total. The Morgan fingerprint density at radius 3 is 2.71 bits per heavy atom. The maximum atomic E-state index is 5.49. The van der Waals surface area contributed by atoms with Gasteiger partial charge < -0.3 is 14.8 Å². The van der Waals surface area contributed by atoms with Gasteiger partial charge in [0, 0.05) is 13.2 Å². The van der Waals surface area contributed by atoms with Gasteiger partial charge in [0.2, 0.25) is 0 Å². The van der Waals surface area contributed by atoms with Gasteiger partial charge in [-0.2, -0.15) is 0 Å². The Balaban J connectivity index is 1.93. The highest BCUT2D eigenvalue weighted by Gasteiger charge is 2.22. The molecule has 1 saturated carbocycles. The maximum Gasteiger partial charge on any atom is 0.0701 e. The van der Waals surface area contributed by atoms with E-state index in [-0.39, 0.29) is 0 Å². The van der Waals surface area contributed by atoms with Gasteiger partial charge in [0.1, 0.15) is 0 Å². The predicted octanol–water partition coefficient (Wildman–Crippen LogP) is 1.43. The first kappa shape index (κ1) is 12.0. The smallest absolute Gasteiger partial charge is 0.0701 e. The van der Waals surface area contributed by atoms with E-state index in [2.05, 4.69) is 5.32 Å². The quantitative estimate of drug-likeness (QED) is 0.572. The minimum Gasteiger partial charge on any atom is -0.382 e. The first-order valence-corrected chi connectivity index (χ1v) is 5.60. The monoisotopic (exact) mass is 201 g/mol. The van der Waals surface area contributed by atoms with Crippen LogP contribution in [0.25, 0.3) is 0 Å². The molecule has 84 valence electrons. The molecule has 0 aliphatic heterocycles. The third-order valence-electron chi connectivity index (χ3n) is 2.78. The third kappa shape index (κ3) is 5.58. The molecule has 1 N–H and O–H groups in total. The lowest BCUT2D eigenvalue weighted by molar-refractivity contribution is 0.0581. The average Bonchev–Trinajstić information content (AvgIpc) is 3.01. The van der Waals surface area contributed by atoms with E-state index in [9.17, 15) is 0 Å². The van der Waals surface area contributed by atoms with Crippen molar-refractivity contribution in [2.24, 2.45) is 5.92 Å². The van der Waals surface area contributed by atoms with Crippen LogP contribution in [-0.2, 0) is 9.47 Å². The van der Waals surface area contributed by atoms with Crippen molar-refractivity contribution in [3.63, 3.8) is 0 Å². The molecule has 0 radical (unpaired) electrons. The molecule has 1 aliphatic rings. The maximum absolute atomic E-state index is 5.49. The summed E-state index contributed by atoms with van der Waals surface area (Å²) < 4.78 is 10.4. The average molecular weight is 201 g/mol. The molecule has 1 aliphatic carbocycles. The fourth-order valence-electron chi connectivity index (χ4n) is 1.52. The van der Waals surface area contributed by atoms with Crippen LogP contribution in [0.5, 0.6) is 0 Å². The molecule has 1 atom stereocenters. The molecular weight excluding hydrogens is 178 g/mol. The molecule has 0 aromatic heterocycles. The molecule has 0 saturated heterocycles. The lowest BCUT2D eigenvalue weighted by Gasteiger charge is -2.15. The minimum absolute atomic E-state index is 0.521. The van der Waals surface area contributed by atoms with E-state index >= 15 is 0 Å². The van der Waals surface area contributed by atoms with Gasteiger partial charge >= 0.3 is 0 Å². The summed E-state index contributed by atoms with van der Waals surface area (Å²) in [5.74, 6) is 1.02. The third-order valence-corrected chi connectivity index (χ3v) is 2.78. The molecule has 14 heavy (non-hydrogen) atoms. The predicted molar refractivity (Wildman–Crippen MR) is 57.5 cm³/mol. The van der Waals surface area contributed by atoms with Gasteiger partial charge in [0.25, 0.3) is 0 Å². The lowest BCUT2D eigenvalue weighted by atomic mass is 10.1. The van der Waals surface area contributed by atoms with E-state index in [1.165, 1.54) is 25.7 Å². The number of rotatable bonds is 9. The zero-order valence-electron chi connectivity index (χ0n) is 9.42. The zero-order valence-corrected chi connectivity index (χ0v) is 9.42. The van der Waals surface area contributed by atoms with Gasteiger partial charge in [0.05, 0.1) is 19.8 Å². The first-order chi connectivity index (χ1) is 6.86. The number of ether oxygens (including phenoxy) is 2. The Hall–Kier alpha value is -0.120. The molecule has 0 amide bonds. The Morgan fingerprint density at radius 1 is 1.36 bits per heavy atom. The molecule has 0 heterocycles. The highest BCUT2D eigenvalue weighted by Crippen LogP contribution is 2.33. The lowest BCUT2D eigenvalue weighted by Crippen LogP contribution is -2.30. The number of hydrogen-bond donors (Lipinski definition) is 1. The Kier molecular flexibility index (Phi) is 6.15. The van der Waals surface area contributed by atoms with Crippen molar-refractivity contribution in [1.29, 1.82) is 0 Å². The van der Waals surface area contributed by atoms with E-state index in [1.807, 2.05) is 7.05 Å². The van der Waals surface area contributed by atoms with Gasteiger partial charge in [-0.25, -0.2) is 0 Å². The molecule has 0 aromatic carbocycles. The van der Waals surface area contributed by atoms with Gasteiger partial charge in [-0.1, -0.05) is 12.8 Å². The largest absolute Gasteiger partial charge is 0.382 e. The van der Waals surface area contributed by atoms with Crippen LogP contribution in [0.3, 0.4) is 0 Å². The van der Waals surface area contributed by atoms with E-state index in [0.29, 0.717) is 19.3 Å². The summed E-state index contributed by atoms with van der Waals surface area (Å²) in [6.07, 6.45) is 5.50. The van der Waals surface area contributed by atoms with Crippen LogP contribution in [0.4, 0.5) is 0 Å². The highest BCUT2D eigenvalue weighted by molar-refractivity contribution is 4.76. The molecule has 0 bridgehead atoms. The number of methoxy groups -OCH3 is 1. The number of likely N-dealkylation sites (N-methyl/N-ethyl adjacent to an activating group) is 1. The second-order valence-electron chi connectivity index (χ2n) is 4.07. The Labute approximate surface area is 87.2 Å². The van der Waals surface area contributed by atoms with Crippen molar-refractivity contribution in [3.8, 4) is 0 Å². The number of hydrogen-bond acceptors (Lipinski definition) is 3. The van der Waals surface area contributed by atoms with Crippen LogP contribution < -0.4 is 5.32 Å². The van der Waals surface area contributed by atoms with Crippen molar-refractivity contribution >= 4 is 0 Å². The van der Waals surface area contributed by atoms with Crippen LogP contribution in [0.2, 0.25) is 0 Å². The van der Waals surface area contributed by atoms with Gasteiger partial charge in [-0.15, -0.1) is 0 Å². The van der Waals surface area contributed by atoms with Crippen LogP contribution >= 0.6 is 0 Å². The number of nitrogens with one attached hydrogen (secondary N) is 1. The fourth-order valence-corrected chi connectivity index (χ4v) is 1.52. The van der Waals surface area contributed by atoms with Crippen LogP contribution in [0, 0.1) is 5.92 Å². The molecular formula is C11H23NO2. The SMILES string of the molecule is CNC(CCC1CC1)COCCOC. The van der Waals surface area contributed by atoms with Crippen LogP contribution in [0.1, 0.15) is 25.7 Å². The van der Waals surface area contributed by atoms with Gasteiger partial charge in [-0.05, 0) is 25.8 Å². The molecule has 3 heteroatoms. The van der Waals surface area contributed by atoms with Crippen molar-refractivity contribution in [2.75, 3.05) is 34.0 Å². The standard InChI is InChI=1S/C11H23NO2/c1-12-11(6-5-10-3-4-10)9-14-8-7-13-2/h10-12H,3-9H2,1-2H3. The summed E-state index contributed by atoms with van der Waals surface area (Å²) in [7, 11) is 3.71. The summed E-state index contributed by atoms with van der Waals surface area (Å²) in [6.45, 7) is 2.21. The van der Waals surface area contributed by atoms with Crippen molar-refractivity contribution in [1.82, 2.24) is 5.32 Å². The fraction of sp³-hybridized carbons (Fsp3) is 1.00. The molecule has 0 aromatic rings. The van der Waals surface area contributed by atoms with Crippen molar-refractivity contribution in [3.05, 3.63) is 0 Å². The summed E-state index contributed by atoms with van der Waals surface area (Å²) in [5, 5.41) is 3.30. The topological polar surface area (TPSA) is 30.5 Å². The van der Waals surface area contributed by atoms with Crippen molar-refractivity contribution < 1.29 is 9.47 Å². The zero-order chi connectivity index (χ0) is 10.2. The van der Waals surface area contributed by atoms with Crippen molar-refractivity contribution in [2.45, 2.75) is 31.7 Å². The molecule has 1 unspecified atom stereocenters. The Morgan fingerprint density at radius 2 is 2.14 bits per heavy atom.